The smallest absolute Gasteiger partial charge is 0.245 e. The van der Waals surface area contributed by atoms with Gasteiger partial charge in [-0.05, 0) is 26.3 Å². The highest BCUT2D eigenvalue weighted by Crippen LogP contribution is 2.37. The van der Waals surface area contributed by atoms with Gasteiger partial charge in [0.1, 0.15) is 4.90 Å². The van der Waals surface area contributed by atoms with E-state index in [1.54, 1.807) is 13.1 Å². The lowest BCUT2D eigenvalue weighted by atomic mass is 10.0. The van der Waals surface area contributed by atoms with Crippen molar-refractivity contribution in [1.29, 1.82) is 0 Å². The van der Waals surface area contributed by atoms with Gasteiger partial charge in [0.25, 0.3) is 0 Å². The van der Waals surface area contributed by atoms with Gasteiger partial charge in [0.15, 0.2) is 0 Å². The number of aliphatic hydroxyl groups is 1. The summed E-state index contributed by atoms with van der Waals surface area (Å²) in [6.07, 6.45) is 0.708. The Kier molecular flexibility index (Phi) is 4.44. The lowest BCUT2D eigenvalue weighted by molar-refractivity contribution is 0.255. The molecule has 0 radical (unpaired) electrons. The van der Waals surface area contributed by atoms with Crippen molar-refractivity contribution in [2.24, 2.45) is 0 Å². The van der Waals surface area contributed by atoms with Crippen molar-refractivity contribution in [2.75, 3.05) is 7.05 Å². The van der Waals surface area contributed by atoms with Crippen molar-refractivity contribution in [3.63, 3.8) is 0 Å². The van der Waals surface area contributed by atoms with Gasteiger partial charge in [0.05, 0.1) is 11.5 Å². The summed E-state index contributed by atoms with van der Waals surface area (Å²) in [5.74, 6) is 0. The molecule has 0 fully saturated rings. The molecule has 1 aromatic heterocycles. The lowest BCUT2D eigenvalue weighted by Gasteiger charge is -2.33. The first-order valence-electron chi connectivity index (χ1n) is 6.86. The Labute approximate surface area is 130 Å². The van der Waals surface area contributed by atoms with Gasteiger partial charge < -0.3 is 5.11 Å². The van der Waals surface area contributed by atoms with E-state index < -0.39 is 15.6 Å². The molecule has 1 heterocycles. The molecular formula is C15H21NO3S2. The minimum absolute atomic E-state index is 0.245. The molecule has 0 aliphatic carbocycles. The molecule has 1 aromatic carbocycles. The van der Waals surface area contributed by atoms with Crippen molar-refractivity contribution < 1.29 is 13.5 Å². The van der Waals surface area contributed by atoms with E-state index >= 15 is 0 Å². The monoisotopic (exact) mass is 327 g/mol. The molecule has 1 N–H and O–H groups in total. The minimum atomic E-state index is -3.65. The largest absolute Gasteiger partial charge is 0.391 e. The van der Waals surface area contributed by atoms with Gasteiger partial charge in [-0.3, -0.25) is 0 Å². The summed E-state index contributed by atoms with van der Waals surface area (Å²) < 4.78 is 28.3. The van der Waals surface area contributed by atoms with Crippen LogP contribution in [0.3, 0.4) is 0 Å². The molecular weight excluding hydrogens is 306 g/mol. The molecule has 0 atom stereocenters. The maximum atomic E-state index is 13.0. The molecule has 2 aromatic rings. The third-order valence-electron chi connectivity index (χ3n) is 4.10. The number of hydrogen-bond acceptors (Lipinski definition) is 4. The second-order valence-electron chi connectivity index (χ2n) is 5.65. The van der Waals surface area contributed by atoms with Crippen molar-refractivity contribution in [3.05, 3.63) is 29.1 Å². The minimum Gasteiger partial charge on any atom is -0.391 e. The maximum absolute atomic E-state index is 13.0. The molecule has 0 amide bonds. The number of rotatable bonds is 5. The average molecular weight is 327 g/mol. The zero-order valence-corrected chi connectivity index (χ0v) is 14.4. The van der Waals surface area contributed by atoms with E-state index in [1.807, 2.05) is 39.0 Å². The fourth-order valence-electron chi connectivity index (χ4n) is 2.14. The average Bonchev–Trinajstić information content (AvgIpc) is 2.85. The van der Waals surface area contributed by atoms with Gasteiger partial charge in [-0.1, -0.05) is 25.1 Å². The second-order valence-corrected chi connectivity index (χ2v) is 8.69. The highest BCUT2D eigenvalue weighted by atomic mass is 32.2. The van der Waals surface area contributed by atoms with E-state index in [0.717, 1.165) is 4.70 Å². The molecule has 0 bridgehead atoms. The van der Waals surface area contributed by atoms with Gasteiger partial charge in [-0.25, -0.2) is 8.42 Å². The highest BCUT2D eigenvalue weighted by molar-refractivity contribution is 7.89. The first-order valence-corrected chi connectivity index (χ1v) is 9.11. The number of hydrogen-bond donors (Lipinski definition) is 1. The highest BCUT2D eigenvalue weighted by Gasteiger charge is 2.35. The fraction of sp³-hybridized carbons (Fsp3) is 0.467. The van der Waals surface area contributed by atoms with Crippen molar-refractivity contribution >= 4 is 31.4 Å². The van der Waals surface area contributed by atoms with E-state index in [2.05, 4.69) is 0 Å². The Balaban J connectivity index is 2.70. The van der Waals surface area contributed by atoms with Crippen LogP contribution in [0.15, 0.2) is 29.2 Å². The molecule has 2 rings (SSSR count). The number of thiophene rings is 1. The third-order valence-corrected chi connectivity index (χ3v) is 7.58. The van der Waals surface area contributed by atoms with E-state index in [0.29, 0.717) is 16.7 Å². The molecule has 0 aliphatic rings. The van der Waals surface area contributed by atoms with Crippen LogP contribution < -0.4 is 0 Å². The van der Waals surface area contributed by atoms with Crippen molar-refractivity contribution in [2.45, 2.75) is 44.2 Å². The quantitative estimate of drug-likeness (QED) is 0.917. The first kappa shape index (κ1) is 16.4. The van der Waals surface area contributed by atoms with Crippen molar-refractivity contribution in [3.8, 4) is 0 Å². The first-order chi connectivity index (χ1) is 9.75. The van der Waals surface area contributed by atoms with Gasteiger partial charge >= 0.3 is 0 Å². The predicted molar refractivity (Wildman–Crippen MR) is 87.1 cm³/mol. The van der Waals surface area contributed by atoms with Crippen LogP contribution in [0.4, 0.5) is 0 Å². The summed E-state index contributed by atoms with van der Waals surface area (Å²) in [5, 5.41) is 10.2. The molecule has 0 saturated carbocycles. The van der Waals surface area contributed by atoms with Crippen LogP contribution in [0.1, 0.15) is 32.1 Å². The fourth-order valence-corrected chi connectivity index (χ4v) is 5.47. The number of sulfonamides is 1. The number of benzene rings is 1. The lowest BCUT2D eigenvalue weighted by Crippen LogP contribution is -2.44. The summed E-state index contributed by atoms with van der Waals surface area (Å²) in [5.41, 5.74) is -0.478. The molecule has 0 saturated heterocycles. The van der Waals surface area contributed by atoms with Crippen LogP contribution in [0, 0.1) is 0 Å². The molecule has 0 unspecified atom stereocenters. The zero-order valence-electron chi connectivity index (χ0n) is 12.8. The third kappa shape index (κ3) is 2.73. The van der Waals surface area contributed by atoms with E-state index in [4.69, 9.17) is 0 Å². The number of nitrogens with zero attached hydrogens (tertiary/aromatic N) is 1. The van der Waals surface area contributed by atoms with Gasteiger partial charge in [-0.2, -0.15) is 4.31 Å². The van der Waals surface area contributed by atoms with Crippen LogP contribution in [-0.4, -0.2) is 30.4 Å². The van der Waals surface area contributed by atoms with Crippen LogP contribution in [0.2, 0.25) is 0 Å². The standard InChI is InChI=1S/C15H21NO3S2/c1-5-15(2,3)16(4)21(18,19)14-11-8-6-7-9-12(11)20-13(14)10-17/h6-9,17H,5,10H2,1-4H3. The van der Waals surface area contributed by atoms with E-state index in [9.17, 15) is 13.5 Å². The Morgan fingerprint density at radius 3 is 2.48 bits per heavy atom. The molecule has 0 aliphatic heterocycles. The van der Waals surface area contributed by atoms with Gasteiger partial charge in [0.2, 0.25) is 10.0 Å². The summed E-state index contributed by atoms with van der Waals surface area (Å²) in [7, 11) is -2.05. The summed E-state index contributed by atoms with van der Waals surface area (Å²) >= 11 is 1.33. The number of fused-ring (bicyclic) bond motifs is 1. The van der Waals surface area contributed by atoms with Gasteiger partial charge in [-0.15, -0.1) is 11.3 Å². The predicted octanol–water partition coefficient (Wildman–Crippen LogP) is 3.20. The van der Waals surface area contributed by atoms with Crippen LogP contribution >= 0.6 is 11.3 Å². The summed E-state index contributed by atoms with van der Waals surface area (Å²) in [6.45, 7) is 5.49. The Morgan fingerprint density at radius 1 is 1.29 bits per heavy atom. The van der Waals surface area contributed by atoms with Crippen LogP contribution in [0.5, 0.6) is 0 Å². The molecule has 6 heteroatoms. The topological polar surface area (TPSA) is 57.6 Å². The van der Waals surface area contributed by atoms with E-state index in [-0.39, 0.29) is 11.5 Å². The Bertz CT molecular complexity index is 747. The Hall–Kier alpha value is -0.950. The summed E-state index contributed by atoms with van der Waals surface area (Å²) in [4.78, 5) is 0.740. The molecule has 0 spiro atoms. The van der Waals surface area contributed by atoms with E-state index in [1.165, 1.54) is 15.6 Å². The summed E-state index contributed by atoms with van der Waals surface area (Å²) in [6, 6.07) is 7.37. The normalized spacial score (nSPS) is 13.2. The Morgan fingerprint density at radius 2 is 1.90 bits per heavy atom. The molecule has 21 heavy (non-hydrogen) atoms. The second kappa shape index (κ2) is 5.68. The van der Waals surface area contributed by atoms with Gasteiger partial charge in [0, 0.05) is 22.7 Å². The number of aliphatic hydroxyl groups excluding tert-OH is 1. The zero-order chi connectivity index (χ0) is 15.8. The molecule has 116 valence electrons. The SMILES string of the molecule is CCC(C)(C)N(C)S(=O)(=O)c1c(CO)sc2ccccc12. The van der Waals surface area contributed by atoms with Crippen molar-refractivity contribution in [1.82, 2.24) is 4.31 Å². The molecule has 4 nitrogen and oxygen atoms in total. The van der Waals surface area contributed by atoms with Crippen LogP contribution in [0.25, 0.3) is 10.1 Å². The van der Waals surface area contributed by atoms with Crippen LogP contribution in [-0.2, 0) is 16.6 Å². The maximum Gasteiger partial charge on any atom is 0.245 e.